The molecule has 0 spiro atoms. The average molecular weight is 357 g/mol. The van der Waals surface area contributed by atoms with Crippen LogP contribution in [0.1, 0.15) is 11.5 Å². The first-order valence-electron chi connectivity index (χ1n) is 6.19. The maximum absolute atomic E-state index is 6.21. The molecule has 9 heteroatoms. The van der Waals surface area contributed by atoms with E-state index in [0.717, 1.165) is 15.5 Å². The summed E-state index contributed by atoms with van der Waals surface area (Å²) >= 11 is 13.6. The van der Waals surface area contributed by atoms with Gasteiger partial charge in [-0.3, -0.25) is 0 Å². The Bertz CT molecular complexity index is 735. The second kappa shape index (κ2) is 7.04. The minimum absolute atomic E-state index is 0.0701. The van der Waals surface area contributed by atoms with E-state index in [1.807, 2.05) is 13.0 Å². The molecule has 1 heterocycles. The lowest BCUT2D eigenvalue weighted by Gasteiger charge is -2.13. The lowest BCUT2D eigenvalue weighted by Crippen LogP contribution is -2.20. The van der Waals surface area contributed by atoms with Crippen LogP contribution in [0.3, 0.4) is 0 Å². The largest absolute Gasteiger partial charge is 0.379 e. The highest BCUT2D eigenvalue weighted by Gasteiger charge is 2.15. The number of anilines is 1. The summed E-state index contributed by atoms with van der Waals surface area (Å²) in [4.78, 5) is 10.3. The third kappa shape index (κ3) is 3.55. The third-order valence-electron chi connectivity index (χ3n) is 2.75. The highest BCUT2D eigenvalue weighted by Crippen LogP contribution is 2.38. The minimum Gasteiger partial charge on any atom is -0.379 e. The maximum atomic E-state index is 6.21. The monoisotopic (exact) mass is 356 g/mol. The Hall–Kier alpha value is -1.70. The number of nitrogens with one attached hydrogen (secondary N) is 1. The summed E-state index contributed by atoms with van der Waals surface area (Å²) < 4.78 is 0. The van der Waals surface area contributed by atoms with Crippen molar-refractivity contribution in [1.29, 1.82) is 0 Å². The molecule has 0 saturated carbocycles. The van der Waals surface area contributed by atoms with Crippen molar-refractivity contribution < 1.29 is 0 Å². The Balaban J connectivity index is 2.46. The smallest absolute Gasteiger partial charge is 0.199 e. The SMILES string of the molecule is CNc1nc(/C(N)=N/N)nc(C)c1Sc1ccc(Cl)cc1Cl. The van der Waals surface area contributed by atoms with Crippen molar-refractivity contribution in [2.24, 2.45) is 16.7 Å². The first kappa shape index (κ1) is 16.7. The van der Waals surface area contributed by atoms with Gasteiger partial charge in [0.1, 0.15) is 5.82 Å². The van der Waals surface area contributed by atoms with Crippen LogP contribution in [0, 0.1) is 6.92 Å². The molecule has 1 aromatic heterocycles. The lowest BCUT2D eigenvalue weighted by molar-refractivity contribution is 0.998. The van der Waals surface area contributed by atoms with Gasteiger partial charge in [0.15, 0.2) is 11.7 Å². The summed E-state index contributed by atoms with van der Waals surface area (Å²) in [5.41, 5.74) is 6.39. The van der Waals surface area contributed by atoms with Gasteiger partial charge >= 0.3 is 0 Å². The molecule has 0 fully saturated rings. The van der Waals surface area contributed by atoms with Crippen LogP contribution in [0.2, 0.25) is 10.0 Å². The van der Waals surface area contributed by atoms with Crippen LogP contribution < -0.4 is 16.9 Å². The van der Waals surface area contributed by atoms with Crippen LogP contribution in [0.25, 0.3) is 0 Å². The lowest BCUT2D eigenvalue weighted by atomic mass is 10.4. The van der Waals surface area contributed by atoms with E-state index >= 15 is 0 Å². The molecule has 0 unspecified atom stereocenters. The number of nitrogens with zero attached hydrogens (tertiary/aromatic N) is 3. The van der Waals surface area contributed by atoms with Gasteiger partial charge in [0.05, 0.1) is 15.6 Å². The van der Waals surface area contributed by atoms with E-state index in [0.29, 0.717) is 15.9 Å². The Kier molecular flexibility index (Phi) is 5.33. The van der Waals surface area contributed by atoms with Crippen molar-refractivity contribution in [3.8, 4) is 0 Å². The molecule has 22 heavy (non-hydrogen) atoms. The number of hydrazone groups is 1. The highest BCUT2D eigenvalue weighted by molar-refractivity contribution is 7.99. The molecule has 0 atom stereocenters. The zero-order chi connectivity index (χ0) is 16.3. The fourth-order valence-electron chi connectivity index (χ4n) is 1.69. The predicted octanol–water partition coefficient (Wildman–Crippen LogP) is 2.86. The first-order chi connectivity index (χ1) is 10.5. The Morgan fingerprint density at radius 1 is 1.32 bits per heavy atom. The van der Waals surface area contributed by atoms with E-state index in [1.165, 1.54) is 11.8 Å². The van der Waals surface area contributed by atoms with E-state index in [4.69, 9.17) is 34.8 Å². The van der Waals surface area contributed by atoms with E-state index in [9.17, 15) is 0 Å². The summed E-state index contributed by atoms with van der Waals surface area (Å²) in [6, 6.07) is 5.31. The fraction of sp³-hybridized carbons (Fsp3) is 0.154. The zero-order valence-electron chi connectivity index (χ0n) is 11.9. The van der Waals surface area contributed by atoms with Crippen molar-refractivity contribution in [2.45, 2.75) is 16.7 Å². The van der Waals surface area contributed by atoms with Crippen LogP contribution in [-0.2, 0) is 0 Å². The maximum Gasteiger partial charge on any atom is 0.199 e. The molecule has 5 N–H and O–H groups in total. The van der Waals surface area contributed by atoms with Gasteiger partial charge in [-0.05, 0) is 25.1 Å². The molecule has 0 bridgehead atoms. The first-order valence-corrected chi connectivity index (χ1v) is 7.76. The second-order valence-corrected chi connectivity index (χ2v) is 6.15. The summed E-state index contributed by atoms with van der Waals surface area (Å²) in [7, 11) is 1.76. The predicted molar refractivity (Wildman–Crippen MR) is 91.8 cm³/mol. The van der Waals surface area contributed by atoms with Crippen LogP contribution >= 0.6 is 35.0 Å². The van der Waals surface area contributed by atoms with Gasteiger partial charge in [-0.2, -0.15) is 5.10 Å². The van der Waals surface area contributed by atoms with Crippen molar-refractivity contribution in [1.82, 2.24) is 9.97 Å². The number of benzene rings is 1. The second-order valence-electron chi connectivity index (χ2n) is 4.25. The minimum atomic E-state index is 0.0701. The zero-order valence-corrected chi connectivity index (χ0v) is 14.2. The Labute approximate surface area is 142 Å². The van der Waals surface area contributed by atoms with Crippen molar-refractivity contribution in [2.75, 3.05) is 12.4 Å². The molecule has 0 aliphatic carbocycles. The van der Waals surface area contributed by atoms with Crippen LogP contribution in [-0.4, -0.2) is 22.9 Å². The van der Waals surface area contributed by atoms with Gasteiger partial charge in [-0.15, -0.1) is 0 Å². The molecule has 6 nitrogen and oxygen atoms in total. The highest BCUT2D eigenvalue weighted by atomic mass is 35.5. The molecule has 2 aromatic rings. The van der Waals surface area contributed by atoms with E-state index in [1.54, 1.807) is 19.2 Å². The summed E-state index contributed by atoms with van der Waals surface area (Å²) in [6.07, 6.45) is 0. The number of hydrogen-bond donors (Lipinski definition) is 3. The third-order valence-corrected chi connectivity index (χ3v) is 4.67. The van der Waals surface area contributed by atoms with E-state index in [2.05, 4.69) is 20.4 Å². The van der Waals surface area contributed by atoms with E-state index in [-0.39, 0.29) is 11.7 Å². The van der Waals surface area contributed by atoms with Gasteiger partial charge in [0.25, 0.3) is 0 Å². The van der Waals surface area contributed by atoms with Crippen LogP contribution in [0.4, 0.5) is 5.82 Å². The number of aryl methyl sites for hydroxylation is 1. The number of hydrogen-bond acceptors (Lipinski definition) is 6. The molecule has 0 radical (unpaired) electrons. The number of halogens is 2. The average Bonchev–Trinajstić information content (AvgIpc) is 2.50. The Morgan fingerprint density at radius 2 is 2.05 bits per heavy atom. The van der Waals surface area contributed by atoms with Gasteiger partial charge in [-0.25, -0.2) is 9.97 Å². The van der Waals surface area contributed by atoms with Gasteiger partial charge in [0, 0.05) is 17.0 Å². The summed E-state index contributed by atoms with van der Waals surface area (Å²) in [6.45, 7) is 1.85. The van der Waals surface area contributed by atoms with E-state index < -0.39 is 0 Å². The Morgan fingerprint density at radius 3 is 2.64 bits per heavy atom. The standard InChI is InChI=1S/C13H14Cl2N6S/c1-6-10(22-9-4-3-7(14)5-8(9)15)12(18-2)20-13(19-6)11(16)21-17/h3-5H,17H2,1-2H3,(H2,16,21)(H,18,19,20). The molecule has 1 aromatic carbocycles. The molecular weight excluding hydrogens is 343 g/mol. The topological polar surface area (TPSA) is 102 Å². The number of rotatable bonds is 4. The van der Waals surface area contributed by atoms with Gasteiger partial charge < -0.3 is 16.9 Å². The molecule has 116 valence electrons. The number of nitrogens with two attached hydrogens (primary N) is 2. The van der Waals surface area contributed by atoms with Crippen molar-refractivity contribution in [3.63, 3.8) is 0 Å². The molecule has 0 saturated heterocycles. The fourth-order valence-corrected chi connectivity index (χ4v) is 3.17. The van der Waals surface area contributed by atoms with Crippen LogP contribution in [0.15, 0.2) is 33.1 Å². The van der Waals surface area contributed by atoms with Crippen molar-refractivity contribution in [3.05, 3.63) is 39.8 Å². The van der Waals surface area contributed by atoms with Gasteiger partial charge in [-0.1, -0.05) is 35.0 Å². The van der Waals surface area contributed by atoms with Crippen LogP contribution in [0.5, 0.6) is 0 Å². The quantitative estimate of drug-likeness (QED) is 0.337. The molecule has 0 aliphatic rings. The summed E-state index contributed by atoms with van der Waals surface area (Å²) in [5, 5.41) is 7.57. The number of aromatic nitrogens is 2. The van der Waals surface area contributed by atoms with Crippen molar-refractivity contribution >= 4 is 46.6 Å². The normalized spacial score (nSPS) is 11.5. The molecule has 2 rings (SSSR count). The summed E-state index contributed by atoms with van der Waals surface area (Å²) in [5.74, 6) is 6.13. The number of amidine groups is 1. The molecular formula is C13H14Cl2N6S. The van der Waals surface area contributed by atoms with Gasteiger partial charge in [0.2, 0.25) is 0 Å². The molecule has 0 aliphatic heterocycles. The molecule has 0 amide bonds.